The van der Waals surface area contributed by atoms with Crippen molar-refractivity contribution < 1.29 is 14.7 Å². The molecule has 0 radical (unpaired) electrons. The molecule has 5 N–H and O–H groups in total. The first-order chi connectivity index (χ1) is 9.47. The minimum absolute atomic E-state index is 0.0485. The molecule has 1 aromatic rings. The lowest BCUT2D eigenvalue weighted by Crippen LogP contribution is -2.41. The summed E-state index contributed by atoms with van der Waals surface area (Å²) in [7, 11) is 0. The zero-order chi connectivity index (χ0) is 15.0. The molecule has 0 aliphatic heterocycles. The van der Waals surface area contributed by atoms with Gasteiger partial charge in [0.1, 0.15) is 0 Å². The number of carboxylic acid groups (broad SMARTS) is 1. The number of carbonyl (C=O) groups is 2. The van der Waals surface area contributed by atoms with E-state index < -0.39 is 5.97 Å². The Labute approximate surface area is 118 Å². The molecule has 6 nitrogen and oxygen atoms in total. The second kappa shape index (κ2) is 8.04. The van der Waals surface area contributed by atoms with Crippen molar-refractivity contribution in [1.82, 2.24) is 10.6 Å². The Morgan fingerprint density at radius 1 is 1.30 bits per heavy atom. The number of amides is 2. The molecule has 110 valence electrons. The fourth-order valence-corrected chi connectivity index (χ4v) is 1.69. The van der Waals surface area contributed by atoms with Crippen molar-refractivity contribution in [3.63, 3.8) is 0 Å². The van der Waals surface area contributed by atoms with Crippen LogP contribution < -0.4 is 16.4 Å². The van der Waals surface area contributed by atoms with Gasteiger partial charge in [0.25, 0.3) is 0 Å². The summed E-state index contributed by atoms with van der Waals surface area (Å²) < 4.78 is 0. The third kappa shape index (κ3) is 6.63. The van der Waals surface area contributed by atoms with E-state index >= 15 is 0 Å². The smallest absolute Gasteiger partial charge is 0.315 e. The average molecular weight is 279 g/mol. The number of carbonyl (C=O) groups excluding carboxylic acids is 1. The lowest BCUT2D eigenvalue weighted by molar-refractivity contribution is -0.137. The van der Waals surface area contributed by atoms with E-state index in [2.05, 4.69) is 10.6 Å². The van der Waals surface area contributed by atoms with Gasteiger partial charge in [-0.2, -0.15) is 0 Å². The van der Waals surface area contributed by atoms with Gasteiger partial charge in [-0.15, -0.1) is 0 Å². The summed E-state index contributed by atoms with van der Waals surface area (Å²) in [5.41, 5.74) is 7.40. The molecular formula is C14H21N3O3. The molecule has 0 aliphatic carbocycles. The molecular weight excluding hydrogens is 258 g/mol. The van der Waals surface area contributed by atoms with Crippen LogP contribution in [0.1, 0.15) is 25.3 Å². The van der Waals surface area contributed by atoms with Crippen LogP contribution in [0.2, 0.25) is 0 Å². The van der Waals surface area contributed by atoms with Gasteiger partial charge in [0.05, 0.1) is 0 Å². The molecule has 0 saturated heterocycles. The normalized spacial score (nSPS) is 11.7. The van der Waals surface area contributed by atoms with Gasteiger partial charge in [-0.3, -0.25) is 4.79 Å². The molecule has 2 amide bonds. The SMILES string of the molecule is C[C@H](CCC(=O)O)NC(=O)NCCc1ccc(N)cc1. The number of anilines is 1. The Morgan fingerprint density at radius 2 is 1.95 bits per heavy atom. The fraction of sp³-hybridized carbons (Fsp3) is 0.429. The average Bonchev–Trinajstić information content (AvgIpc) is 2.38. The number of carboxylic acids is 1. The van der Waals surface area contributed by atoms with Gasteiger partial charge in [-0.25, -0.2) is 4.79 Å². The highest BCUT2D eigenvalue weighted by Gasteiger charge is 2.08. The zero-order valence-electron chi connectivity index (χ0n) is 11.6. The van der Waals surface area contributed by atoms with Gasteiger partial charge < -0.3 is 21.5 Å². The minimum atomic E-state index is -0.859. The highest BCUT2D eigenvalue weighted by Crippen LogP contribution is 2.05. The minimum Gasteiger partial charge on any atom is -0.481 e. The second-order valence-electron chi connectivity index (χ2n) is 4.73. The van der Waals surface area contributed by atoms with Crippen molar-refractivity contribution >= 4 is 17.7 Å². The van der Waals surface area contributed by atoms with Crippen LogP contribution >= 0.6 is 0 Å². The first kappa shape index (κ1) is 15.8. The number of nitrogen functional groups attached to an aromatic ring is 1. The zero-order valence-corrected chi connectivity index (χ0v) is 11.6. The van der Waals surface area contributed by atoms with Crippen LogP contribution in [0.4, 0.5) is 10.5 Å². The maximum absolute atomic E-state index is 11.6. The monoisotopic (exact) mass is 279 g/mol. The summed E-state index contributed by atoms with van der Waals surface area (Å²) in [5, 5.41) is 14.0. The maximum atomic E-state index is 11.6. The van der Waals surface area contributed by atoms with E-state index in [1.807, 2.05) is 24.3 Å². The van der Waals surface area contributed by atoms with Crippen LogP contribution in [0.25, 0.3) is 0 Å². The van der Waals surface area contributed by atoms with Gasteiger partial charge in [-0.1, -0.05) is 12.1 Å². The third-order valence-corrected chi connectivity index (χ3v) is 2.85. The first-order valence-electron chi connectivity index (χ1n) is 6.58. The van der Waals surface area contributed by atoms with Crippen LogP contribution in [-0.4, -0.2) is 29.7 Å². The van der Waals surface area contributed by atoms with Gasteiger partial charge in [0, 0.05) is 24.7 Å². The fourth-order valence-electron chi connectivity index (χ4n) is 1.69. The van der Waals surface area contributed by atoms with Crippen molar-refractivity contribution in [2.45, 2.75) is 32.2 Å². The third-order valence-electron chi connectivity index (χ3n) is 2.85. The standard InChI is InChI=1S/C14H21N3O3/c1-10(2-7-13(18)19)17-14(20)16-9-8-11-3-5-12(15)6-4-11/h3-6,10H,2,7-9,15H2,1H3,(H,18,19)(H2,16,17,20)/t10-/m1/s1. The van der Waals surface area contributed by atoms with Crippen molar-refractivity contribution in [3.8, 4) is 0 Å². The molecule has 0 unspecified atom stereocenters. The number of rotatable bonds is 7. The van der Waals surface area contributed by atoms with Gasteiger partial charge in [0.15, 0.2) is 0 Å². The topological polar surface area (TPSA) is 104 Å². The number of nitrogens with one attached hydrogen (secondary N) is 2. The number of urea groups is 1. The summed E-state index contributed by atoms with van der Waals surface area (Å²) in [4.78, 5) is 22.0. The first-order valence-corrected chi connectivity index (χ1v) is 6.58. The Morgan fingerprint density at radius 3 is 2.55 bits per heavy atom. The van der Waals surface area contributed by atoms with Crippen LogP contribution in [-0.2, 0) is 11.2 Å². The Kier molecular flexibility index (Phi) is 6.36. The maximum Gasteiger partial charge on any atom is 0.315 e. The Bertz CT molecular complexity index is 445. The van der Waals surface area contributed by atoms with E-state index in [9.17, 15) is 9.59 Å². The van der Waals surface area contributed by atoms with Crippen molar-refractivity contribution in [2.75, 3.05) is 12.3 Å². The molecule has 20 heavy (non-hydrogen) atoms. The number of hydrogen-bond donors (Lipinski definition) is 4. The molecule has 0 aliphatic rings. The summed E-state index contributed by atoms with van der Waals surface area (Å²) in [5.74, 6) is -0.859. The quantitative estimate of drug-likeness (QED) is 0.566. The summed E-state index contributed by atoms with van der Waals surface area (Å²) in [6.07, 6.45) is 1.19. The van der Waals surface area contributed by atoms with E-state index in [1.165, 1.54) is 0 Å². The van der Waals surface area contributed by atoms with Gasteiger partial charge >= 0.3 is 12.0 Å². The van der Waals surface area contributed by atoms with Crippen LogP contribution in [0, 0.1) is 0 Å². The summed E-state index contributed by atoms with van der Waals surface area (Å²) in [6.45, 7) is 2.30. The molecule has 1 atom stereocenters. The predicted octanol–water partition coefficient (Wildman–Crippen LogP) is 1.36. The van der Waals surface area contributed by atoms with Gasteiger partial charge in [0.2, 0.25) is 0 Å². The highest BCUT2D eigenvalue weighted by molar-refractivity contribution is 5.74. The number of aliphatic carboxylic acids is 1. The Balaban J connectivity index is 2.19. The van der Waals surface area contributed by atoms with Crippen molar-refractivity contribution in [3.05, 3.63) is 29.8 Å². The molecule has 0 bridgehead atoms. The number of hydrogen-bond acceptors (Lipinski definition) is 3. The summed E-state index contributed by atoms with van der Waals surface area (Å²) >= 11 is 0. The van der Waals surface area contributed by atoms with E-state index in [0.29, 0.717) is 18.7 Å². The predicted molar refractivity (Wildman–Crippen MR) is 77.4 cm³/mol. The molecule has 0 spiro atoms. The highest BCUT2D eigenvalue weighted by atomic mass is 16.4. The lowest BCUT2D eigenvalue weighted by Gasteiger charge is -2.13. The molecule has 0 heterocycles. The number of nitrogens with two attached hydrogens (primary N) is 1. The molecule has 0 saturated carbocycles. The Hall–Kier alpha value is -2.24. The van der Waals surface area contributed by atoms with Crippen LogP contribution in [0.5, 0.6) is 0 Å². The van der Waals surface area contributed by atoms with Crippen molar-refractivity contribution in [1.29, 1.82) is 0 Å². The molecule has 0 fully saturated rings. The number of benzene rings is 1. The van der Waals surface area contributed by atoms with Crippen molar-refractivity contribution in [2.24, 2.45) is 0 Å². The molecule has 1 aromatic carbocycles. The largest absolute Gasteiger partial charge is 0.481 e. The molecule has 6 heteroatoms. The second-order valence-corrected chi connectivity index (χ2v) is 4.73. The van der Waals surface area contributed by atoms with Gasteiger partial charge in [-0.05, 0) is 37.5 Å². The van der Waals surface area contributed by atoms with Crippen LogP contribution in [0.15, 0.2) is 24.3 Å². The van der Waals surface area contributed by atoms with E-state index in [-0.39, 0.29) is 18.5 Å². The van der Waals surface area contributed by atoms with E-state index in [1.54, 1.807) is 6.92 Å². The molecule has 1 rings (SSSR count). The van der Waals surface area contributed by atoms with Crippen LogP contribution in [0.3, 0.4) is 0 Å². The van der Waals surface area contributed by atoms with E-state index in [4.69, 9.17) is 10.8 Å². The molecule has 0 aromatic heterocycles. The van der Waals surface area contributed by atoms with E-state index in [0.717, 1.165) is 12.0 Å². The summed E-state index contributed by atoms with van der Waals surface area (Å²) in [6, 6.07) is 7.04. The lowest BCUT2D eigenvalue weighted by atomic mass is 10.1.